The maximum absolute atomic E-state index is 12.0. The number of carbonyl (C=O) groups is 2. The predicted octanol–water partition coefficient (Wildman–Crippen LogP) is 2.55. The van der Waals surface area contributed by atoms with E-state index in [4.69, 9.17) is 13.9 Å². The van der Waals surface area contributed by atoms with Gasteiger partial charge in [0.2, 0.25) is 0 Å². The van der Waals surface area contributed by atoms with Crippen LogP contribution >= 0.6 is 0 Å². The summed E-state index contributed by atoms with van der Waals surface area (Å²) in [6, 6.07) is 12.0. The SMILES string of the molecule is COc1cccc(CNC(=O)COC(=O)Cc2coc3cc(O)ccc23)c1. The summed E-state index contributed by atoms with van der Waals surface area (Å²) in [6.45, 7) is -0.0528. The van der Waals surface area contributed by atoms with Crippen molar-refractivity contribution in [2.24, 2.45) is 0 Å². The first-order valence-electron chi connectivity index (χ1n) is 8.29. The summed E-state index contributed by atoms with van der Waals surface area (Å²) in [6.07, 6.45) is 1.41. The maximum Gasteiger partial charge on any atom is 0.310 e. The van der Waals surface area contributed by atoms with Crippen LogP contribution in [0, 0.1) is 0 Å². The van der Waals surface area contributed by atoms with Crippen LogP contribution in [0.25, 0.3) is 11.0 Å². The second-order valence-electron chi connectivity index (χ2n) is 5.91. The highest BCUT2D eigenvalue weighted by Crippen LogP contribution is 2.25. The Morgan fingerprint density at radius 1 is 1.19 bits per heavy atom. The molecule has 0 atom stereocenters. The molecule has 0 radical (unpaired) electrons. The molecular formula is C20H19NO6. The molecule has 0 spiro atoms. The molecule has 0 fully saturated rings. The molecule has 0 aliphatic heterocycles. The third-order valence-electron chi connectivity index (χ3n) is 3.96. The van der Waals surface area contributed by atoms with Gasteiger partial charge in [-0.15, -0.1) is 0 Å². The number of benzene rings is 2. The monoisotopic (exact) mass is 369 g/mol. The number of aromatic hydroxyl groups is 1. The number of carbonyl (C=O) groups excluding carboxylic acids is 2. The normalized spacial score (nSPS) is 10.6. The van der Waals surface area contributed by atoms with E-state index in [1.165, 1.54) is 18.4 Å². The molecule has 1 aromatic heterocycles. The lowest BCUT2D eigenvalue weighted by Crippen LogP contribution is -2.28. The average Bonchev–Trinajstić information content (AvgIpc) is 3.06. The van der Waals surface area contributed by atoms with Gasteiger partial charge in [0.05, 0.1) is 19.8 Å². The first-order valence-corrected chi connectivity index (χ1v) is 8.29. The lowest BCUT2D eigenvalue weighted by Gasteiger charge is -2.07. The molecule has 140 valence electrons. The Bertz CT molecular complexity index is 962. The third-order valence-corrected chi connectivity index (χ3v) is 3.96. The van der Waals surface area contributed by atoms with Gasteiger partial charge in [-0.25, -0.2) is 0 Å². The number of rotatable bonds is 7. The van der Waals surface area contributed by atoms with Crippen molar-refractivity contribution in [3.8, 4) is 11.5 Å². The maximum atomic E-state index is 12.0. The van der Waals surface area contributed by atoms with E-state index in [9.17, 15) is 14.7 Å². The van der Waals surface area contributed by atoms with Crippen LogP contribution in [-0.2, 0) is 27.3 Å². The van der Waals surface area contributed by atoms with Crippen molar-refractivity contribution in [1.29, 1.82) is 0 Å². The van der Waals surface area contributed by atoms with Gasteiger partial charge in [0.1, 0.15) is 17.1 Å². The summed E-state index contributed by atoms with van der Waals surface area (Å²) in [7, 11) is 1.57. The van der Waals surface area contributed by atoms with E-state index >= 15 is 0 Å². The topological polar surface area (TPSA) is 98.0 Å². The summed E-state index contributed by atoms with van der Waals surface area (Å²) in [5, 5.41) is 12.8. The average molecular weight is 369 g/mol. The molecule has 2 aromatic carbocycles. The highest BCUT2D eigenvalue weighted by molar-refractivity contribution is 5.87. The summed E-state index contributed by atoms with van der Waals surface area (Å²) >= 11 is 0. The van der Waals surface area contributed by atoms with Crippen LogP contribution < -0.4 is 10.1 Å². The summed E-state index contributed by atoms with van der Waals surface area (Å²) in [4.78, 5) is 23.8. The van der Waals surface area contributed by atoms with Crippen molar-refractivity contribution in [2.45, 2.75) is 13.0 Å². The van der Waals surface area contributed by atoms with E-state index in [2.05, 4.69) is 5.32 Å². The molecule has 3 rings (SSSR count). The van der Waals surface area contributed by atoms with E-state index in [1.54, 1.807) is 13.2 Å². The minimum Gasteiger partial charge on any atom is -0.508 e. The van der Waals surface area contributed by atoms with Crippen LogP contribution in [0.4, 0.5) is 0 Å². The molecule has 1 amide bonds. The molecule has 0 saturated carbocycles. The van der Waals surface area contributed by atoms with Crippen molar-refractivity contribution < 1.29 is 28.6 Å². The minimum atomic E-state index is -0.540. The summed E-state index contributed by atoms with van der Waals surface area (Å²) in [5.74, 6) is -0.150. The predicted molar refractivity (Wildman–Crippen MR) is 97.4 cm³/mol. The Hall–Kier alpha value is -3.48. The van der Waals surface area contributed by atoms with Crippen LogP contribution in [0.5, 0.6) is 11.5 Å². The number of hydrogen-bond donors (Lipinski definition) is 2. The molecule has 0 bridgehead atoms. The standard InChI is InChI=1S/C20H19NO6/c1-25-16-4-2-3-13(7-16)10-21-19(23)12-27-20(24)8-14-11-26-18-9-15(22)5-6-17(14)18/h2-7,9,11,22H,8,10,12H2,1H3,(H,21,23). The molecule has 0 saturated heterocycles. The van der Waals surface area contributed by atoms with Gasteiger partial charge >= 0.3 is 5.97 Å². The number of hydrogen-bond acceptors (Lipinski definition) is 6. The van der Waals surface area contributed by atoms with Crippen LogP contribution in [0.3, 0.4) is 0 Å². The number of methoxy groups -OCH3 is 1. The van der Waals surface area contributed by atoms with Crippen LogP contribution in [0.1, 0.15) is 11.1 Å². The first kappa shape index (κ1) is 18.3. The zero-order valence-electron chi connectivity index (χ0n) is 14.7. The molecule has 0 aliphatic carbocycles. The highest BCUT2D eigenvalue weighted by Gasteiger charge is 2.13. The van der Waals surface area contributed by atoms with Crippen molar-refractivity contribution in [3.05, 3.63) is 59.9 Å². The zero-order valence-corrected chi connectivity index (χ0v) is 14.7. The fourth-order valence-corrected chi connectivity index (χ4v) is 2.60. The molecule has 27 heavy (non-hydrogen) atoms. The molecule has 0 unspecified atom stereocenters. The molecule has 7 nitrogen and oxygen atoms in total. The van der Waals surface area contributed by atoms with E-state index in [-0.39, 0.29) is 18.8 Å². The van der Waals surface area contributed by atoms with Crippen molar-refractivity contribution in [1.82, 2.24) is 5.32 Å². The van der Waals surface area contributed by atoms with Gasteiger partial charge in [-0.3, -0.25) is 9.59 Å². The smallest absolute Gasteiger partial charge is 0.310 e. The van der Waals surface area contributed by atoms with Crippen molar-refractivity contribution in [2.75, 3.05) is 13.7 Å². The number of furan rings is 1. The van der Waals surface area contributed by atoms with Crippen LogP contribution in [-0.4, -0.2) is 30.7 Å². The van der Waals surface area contributed by atoms with Gasteiger partial charge in [-0.2, -0.15) is 0 Å². The van der Waals surface area contributed by atoms with Gasteiger partial charge < -0.3 is 24.3 Å². The van der Waals surface area contributed by atoms with Gasteiger partial charge in [0, 0.05) is 23.6 Å². The van der Waals surface area contributed by atoms with Gasteiger partial charge in [0.25, 0.3) is 5.91 Å². The van der Waals surface area contributed by atoms with E-state index < -0.39 is 11.9 Å². The Morgan fingerprint density at radius 2 is 2.04 bits per heavy atom. The van der Waals surface area contributed by atoms with Crippen LogP contribution in [0.2, 0.25) is 0 Å². The number of phenols is 1. The largest absolute Gasteiger partial charge is 0.508 e. The Morgan fingerprint density at radius 3 is 2.85 bits per heavy atom. The quantitative estimate of drug-likeness (QED) is 0.621. The zero-order chi connectivity index (χ0) is 19.2. The minimum absolute atomic E-state index is 0.0268. The second-order valence-corrected chi connectivity index (χ2v) is 5.91. The molecule has 2 N–H and O–H groups in total. The lowest BCUT2D eigenvalue weighted by atomic mass is 10.1. The Balaban J connectivity index is 1.47. The molecular weight excluding hydrogens is 350 g/mol. The van der Waals surface area contributed by atoms with E-state index in [1.807, 2.05) is 24.3 Å². The van der Waals surface area contributed by atoms with Crippen molar-refractivity contribution in [3.63, 3.8) is 0 Å². The molecule has 1 heterocycles. The third kappa shape index (κ3) is 4.78. The fourth-order valence-electron chi connectivity index (χ4n) is 2.60. The molecule has 7 heteroatoms. The summed E-state index contributed by atoms with van der Waals surface area (Å²) < 4.78 is 15.4. The highest BCUT2D eigenvalue weighted by atomic mass is 16.5. The number of phenolic OH excluding ortho intramolecular Hbond substituents is 1. The second kappa shape index (κ2) is 8.27. The Kier molecular flexibility index (Phi) is 5.61. The molecule has 0 aliphatic rings. The number of fused-ring (bicyclic) bond motifs is 1. The fraction of sp³-hybridized carbons (Fsp3) is 0.200. The Labute approximate surface area is 155 Å². The van der Waals surface area contributed by atoms with Crippen LogP contribution in [0.15, 0.2) is 53.1 Å². The number of esters is 1. The molecule has 3 aromatic rings. The van der Waals surface area contributed by atoms with Gasteiger partial charge in [0.15, 0.2) is 6.61 Å². The van der Waals surface area contributed by atoms with E-state index in [0.717, 1.165) is 5.56 Å². The van der Waals surface area contributed by atoms with Crippen molar-refractivity contribution >= 4 is 22.8 Å². The van der Waals surface area contributed by atoms with Gasteiger partial charge in [-0.05, 0) is 29.8 Å². The van der Waals surface area contributed by atoms with Gasteiger partial charge in [-0.1, -0.05) is 12.1 Å². The number of nitrogens with one attached hydrogen (secondary N) is 1. The lowest BCUT2D eigenvalue weighted by molar-refractivity contribution is -0.147. The number of amides is 1. The summed E-state index contributed by atoms with van der Waals surface area (Å²) in [5.41, 5.74) is 1.99. The number of ether oxygens (including phenoxy) is 2. The first-order chi connectivity index (χ1) is 13.0. The van der Waals surface area contributed by atoms with E-state index in [0.29, 0.717) is 28.8 Å².